The maximum atomic E-state index is 12.7. The normalized spacial score (nSPS) is 12.4. The zero-order valence-corrected chi connectivity index (χ0v) is 40.9. The lowest BCUT2D eigenvalue weighted by atomic mass is 9.99. The molecule has 0 amide bonds. The molecule has 2 atom stereocenters. The van der Waals surface area contributed by atoms with Crippen LogP contribution in [0, 0.1) is 5.92 Å². The van der Waals surface area contributed by atoms with E-state index in [1.807, 2.05) is 0 Å². The number of ether oxygens (including phenoxy) is 3. The van der Waals surface area contributed by atoms with Gasteiger partial charge in [0.25, 0.3) is 0 Å². The van der Waals surface area contributed by atoms with Crippen molar-refractivity contribution in [1.82, 2.24) is 0 Å². The molecular formula is C54H104O6. The van der Waals surface area contributed by atoms with Gasteiger partial charge >= 0.3 is 17.9 Å². The van der Waals surface area contributed by atoms with Crippen LogP contribution in [0.3, 0.4) is 0 Å². The molecule has 0 aliphatic heterocycles. The molecular weight excluding hydrogens is 745 g/mol. The summed E-state index contributed by atoms with van der Waals surface area (Å²) in [5, 5.41) is 0. The minimum Gasteiger partial charge on any atom is -0.462 e. The molecule has 0 rings (SSSR count). The summed E-state index contributed by atoms with van der Waals surface area (Å²) in [5.41, 5.74) is 0. The summed E-state index contributed by atoms with van der Waals surface area (Å²) in [6.07, 6.45) is 50.8. The Hall–Kier alpha value is -1.59. The van der Waals surface area contributed by atoms with Crippen molar-refractivity contribution >= 4 is 17.9 Å². The molecule has 356 valence electrons. The van der Waals surface area contributed by atoms with Gasteiger partial charge in [0.15, 0.2) is 6.10 Å². The number of hydrogen-bond acceptors (Lipinski definition) is 6. The fourth-order valence-electron chi connectivity index (χ4n) is 8.19. The average Bonchev–Trinajstić information content (AvgIpc) is 3.25. The first-order valence-corrected chi connectivity index (χ1v) is 26.9. The Morgan fingerprint density at radius 3 is 0.867 bits per heavy atom. The zero-order valence-electron chi connectivity index (χ0n) is 40.9. The fraction of sp³-hybridized carbons (Fsp3) is 0.944. The lowest BCUT2D eigenvalue weighted by Crippen LogP contribution is -2.30. The summed E-state index contributed by atoms with van der Waals surface area (Å²) in [5.74, 6) is 0.0257. The largest absolute Gasteiger partial charge is 0.462 e. The van der Waals surface area contributed by atoms with Gasteiger partial charge in [0, 0.05) is 19.3 Å². The molecule has 0 fully saturated rings. The van der Waals surface area contributed by atoms with Crippen molar-refractivity contribution < 1.29 is 28.6 Å². The smallest absolute Gasteiger partial charge is 0.306 e. The van der Waals surface area contributed by atoms with Gasteiger partial charge in [-0.05, 0) is 25.2 Å². The van der Waals surface area contributed by atoms with Crippen LogP contribution < -0.4 is 0 Å². The highest BCUT2D eigenvalue weighted by molar-refractivity contribution is 5.71. The summed E-state index contributed by atoms with van der Waals surface area (Å²) in [7, 11) is 0. The molecule has 0 radical (unpaired) electrons. The van der Waals surface area contributed by atoms with E-state index in [9.17, 15) is 14.4 Å². The minimum atomic E-state index is -0.760. The minimum absolute atomic E-state index is 0.0627. The number of rotatable bonds is 49. The predicted octanol–water partition coefficient (Wildman–Crippen LogP) is 17.5. The molecule has 0 spiro atoms. The van der Waals surface area contributed by atoms with Gasteiger partial charge in [-0.15, -0.1) is 0 Å². The van der Waals surface area contributed by atoms with Gasteiger partial charge in [0.05, 0.1) is 0 Å². The molecule has 60 heavy (non-hydrogen) atoms. The second kappa shape index (κ2) is 48.4. The van der Waals surface area contributed by atoms with Crippen LogP contribution in [0.25, 0.3) is 0 Å². The first-order chi connectivity index (χ1) is 29.4. The predicted molar refractivity (Wildman–Crippen MR) is 257 cm³/mol. The van der Waals surface area contributed by atoms with E-state index in [1.54, 1.807) is 0 Å². The van der Waals surface area contributed by atoms with Gasteiger partial charge in [-0.2, -0.15) is 0 Å². The van der Waals surface area contributed by atoms with E-state index in [4.69, 9.17) is 14.2 Å². The van der Waals surface area contributed by atoms with Gasteiger partial charge in [0.1, 0.15) is 13.2 Å². The van der Waals surface area contributed by atoms with Crippen molar-refractivity contribution in [3.63, 3.8) is 0 Å². The van der Waals surface area contributed by atoms with Crippen LogP contribution in [-0.4, -0.2) is 37.2 Å². The second-order valence-electron chi connectivity index (χ2n) is 18.8. The Kier molecular flexibility index (Phi) is 47.2. The Morgan fingerprint density at radius 1 is 0.333 bits per heavy atom. The molecule has 6 nitrogen and oxygen atoms in total. The number of carbonyl (C=O) groups is 3. The molecule has 0 aromatic carbocycles. The van der Waals surface area contributed by atoms with E-state index in [2.05, 4.69) is 27.7 Å². The standard InChI is InChI=1S/C54H104O6/c1-5-8-10-12-14-16-18-19-20-21-22-23-24-25-30-33-37-41-45-52(55)58-48-51(60-54(57)47-43-39-35-29-17-15-13-11-9-6-2)49-59-53(56)46-42-38-34-31-27-26-28-32-36-40-44-50(4)7-3/h50-51H,5-49H2,1-4H3/t50?,51-/m0/s1. The summed E-state index contributed by atoms with van der Waals surface area (Å²) < 4.78 is 16.8. The van der Waals surface area contributed by atoms with Crippen molar-refractivity contribution in [2.45, 2.75) is 310 Å². The first kappa shape index (κ1) is 58.4. The van der Waals surface area contributed by atoms with E-state index in [-0.39, 0.29) is 31.1 Å². The quantitative estimate of drug-likeness (QED) is 0.0345. The van der Waals surface area contributed by atoms with Gasteiger partial charge in [0.2, 0.25) is 0 Å². The summed E-state index contributed by atoms with van der Waals surface area (Å²) in [6.45, 7) is 9.05. The topological polar surface area (TPSA) is 78.9 Å². The maximum absolute atomic E-state index is 12.7. The molecule has 1 unspecified atom stereocenters. The second-order valence-corrected chi connectivity index (χ2v) is 18.8. The lowest BCUT2D eigenvalue weighted by molar-refractivity contribution is -0.167. The molecule has 6 heteroatoms. The highest BCUT2D eigenvalue weighted by Gasteiger charge is 2.19. The number of unbranched alkanes of at least 4 members (excludes halogenated alkanes) is 35. The highest BCUT2D eigenvalue weighted by atomic mass is 16.6. The lowest BCUT2D eigenvalue weighted by Gasteiger charge is -2.18. The van der Waals surface area contributed by atoms with Crippen molar-refractivity contribution in [2.24, 2.45) is 5.92 Å². The Balaban J connectivity index is 4.24. The summed E-state index contributed by atoms with van der Waals surface area (Å²) in [6, 6.07) is 0. The third kappa shape index (κ3) is 45.9. The average molecular weight is 849 g/mol. The SMILES string of the molecule is CCCCCCCCCCCCCCCCCCCCC(=O)OC[C@@H](COC(=O)CCCCCCCCCCCCC(C)CC)OC(=O)CCCCCCCCCCCC. The van der Waals surface area contributed by atoms with E-state index >= 15 is 0 Å². The summed E-state index contributed by atoms with van der Waals surface area (Å²) >= 11 is 0. The zero-order chi connectivity index (χ0) is 43.8. The number of esters is 3. The van der Waals surface area contributed by atoms with Crippen molar-refractivity contribution in [2.75, 3.05) is 13.2 Å². The van der Waals surface area contributed by atoms with Crippen molar-refractivity contribution in [3.8, 4) is 0 Å². The van der Waals surface area contributed by atoms with Crippen LogP contribution in [0.15, 0.2) is 0 Å². The molecule has 0 bridgehead atoms. The first-order valence-electron chi connectivity index (χ1n) is 26.9. The number of hydrogen-bond donors (Lipinski definition) is 0. The Bertz CT molecular complexity index is 905. The molecule has 0 aliphatic carbocycles. The monoisotopic (exact) mass is 849 g/mol. The van der Waals surface area contributed by atoms with Crippen molar-refractivity contribution in [1.29, 1.82) is 0 Å². The van der Waals surface area contributed by atoms with E-state index in [1.165, 1.54) is 199 Å². The van der Waals surface area contributed by atoms with E-state index < -0.39 is 6.10 Å². The van der Waals surface area contributed by atoms with E-state index in [0.717, 1.165) is 63.7 Å². The van der Waals surface area contributed by atoms with Gasteiger partial charge in [-0.1, -0.05) is 265 Å². The third-order valence-electron chi connectivity index (χ3n) is 12.7. The molecule has 0 saturated heterocycles. The van der Waals surface area contributed by atoms with Crippen LogP contribution in [0.1, 0.15) is 304 Å². The van der Waals surface area contributed by atoms with Crippen LogP contribution >= 0.6 is 0 Å². The molecule has 0 aromatic heterocycles. The van der Waals surface area contributed by atoms with Crippen molar-refractivity contribution in [3.05, 3.63) is 0 Å². The van der Waals surface area contributed by atoms with Gasteiger partial charge in [-0.25, -0.2) is 0 Å². The molecule has 0 saturated carbocycles. The van der Waals surface area contributed by atoms with E-state index in [0.29, 0.717) is 19.3 Å². The van der Waals surface area contributed by atoms with Crippen LogP contribution in [0.2, 0.25) is 0 Å². The summed E-state index contributed by atoms with van der Waals surface area (Å²) in [4.78, 5) is 37.9. The van der Waals surface area contributed by atoms with Crippen LogP contribution in [0.4, 0.5) is 0 Å². The third-order valence-corrected chi connectivity index (χ3v) is 12.7. The molecule has 0 N–H and O–H groups in total. The molecule has 0 aliphatic rings. The van der Waals surface area contributed by atoms with Gasteiger partial charge in [-0.3, -0.25) is 14.4 Å². The Morgan fingerprint density at radius 2 is 0.583 bits per heavy atom. The molecule has 0 heterocycles. The highest BCUT2D eigenvalue weighted by Crippen LogP contribution is 2.18. The van der Waals surface area contributed by atoms with Crippen LogP contribution in [-0.2, 0) is 28.6 Å². The molecule has 0 aromatic rings. The van der Waals surface area contributed by atoms with Gasteiger partial charge < -0.3 is 14.2 Å². The van der Waals surface area contributed by atoms with Crippen LogP contribution in [0.5, 0.6) is 0 Å². The fourth-order valence-corrected chi connectivity index (χ4v) is 8.19. The Labute approximate surface area is 374 Å². The number of carbonyl (C=O) groups excluding carboxylic acids is 3. The maximum Gasteiger partial charge on any atom is 0.306 e.